The molecule has 8 nitrogen and oxygen atoms in total. The van der Waals surface area contributed by atoms with Gasteiger partial charge in [-0.05, 0) is 123 Å². The highest BCUT2D eigenvalue weighted by atomic mass is 127. The molecule has 0 bridgehead atoms. The second-order valence-electron chi connectivity index (χ2n) is 15.1. The van der Waals surface area contributed by atoms with E-state index in [0.29, 0.717) is 53.1 Å². The Morgan fingerprint density at radius 2 is 0.839 bits per heavy atom. The maximum atomic E-state index is 12.0. The number of carboxylic acid groups (broad SMARTS) is 1. The molecule has 0 unspecified atom stereocenters. The summed E-state index contributed by atoms with van der Waals surface area (Å²) in [7, 11) is -1.36. The fourth-order valence-electron chi connectivity index (χ4n) is 6.03. The van der Waals surface area contributed by atoms with E-state index in [2.05, 4.69) is 101 Å². The Bertz CT molecular complexity index is 2280. The maximum absolute atomic E-state index is 12.0. The van der Waals surface area contributed by atoms with Gasteiger partial charge >= 0.3 is 25.0 Å². The first kappa shape index (κ1) is 50.8. The number of benzene rings is 6. The van der Waals surface area contributed by atoms with Crippen molar-refractivity contribution in [2.45, 2.75) is 73.1 Å². The number of ether oxygens (including phenoxy) is 2. The van der Waals surface area contributed by atoms with Crippen LogP contribution < -0.4 is 5.46 Å². The Morgan fingerprint density at radius 3 is 1.21 bits per heavy atom. The van der Waals surface area contributed by atoms with Crippen LogP contribution >= 0.6 is 22.6 Å². The van der Waals surface area contributed by atoms with Crippen LogP contribution in [0.3, 0.4) is 0 Å². The van der Waals surface area contributed by atoms with Crippen LogP contribution in [-0.2, 0) is 9.47 Å². The summed E-state index contributed by atoms with van der Waals surface area (Å²) < 4.78 is 10.9. The van der Waals surface area contributed by atoms with E-state index in [1.807, 2.05) is 85.8 Å². The number of carboxylic acids is 1. The van der Waals surface area contributed by atoms with E-state index in [-0.39, 0.29) is 11.9 Å². The predicted molar refractivity (Wildman–Crippen MR) is 260 cm³/mol. The second-order valence-corrected chi connectivity index (χ2v) is 16.2. The van der Waals surface area contributed by atoms with Crippen molar-refractivity contribution >= 4 is 53.1 Å². The zero-order chi connectivity index (χ0) is 45.8. The SMILES string of the molecule is CC(C)c1ccc(-c2ccccc2C(=O)O)cc1.CC(C)c1ccc(B(O)O)cc1.CCOC(=O)c1ccccc1-c1ccc(C(C)C)cc1.CCOC(=O)c1ccccc1I. The average molecular weight is 949 g/mol. The molecule has 0 amide bonds. The summed E-state index contributed by atoms with van der Waals surface area (Å²) in [5, 5.41) is 26.8. The third kappa shape index (κ3) is 15.7. The molecule has 0 saturated heterocycles. The normalized spacial score (nSPS) is 10.4. The monoisotopic (exact) mass is 948 g/mol. The van der Waals surface area contributed by atoms with Gasteiger partial charge in [-0.3, -0.25) is 0 Å². The molecule has 0 fully saturated rings. The Labute approximate surface area is 381 Å². The number of aromatic carboxylic acids is 1. The minimum atomic E-state index is -1.36. The highest BCUT2D eigenvalue weighted by Gasteiger charge is 2.14. The topological polar surface area (TPSA) is 130 Å². The van der Waals surface area contributed by atoms with Crippen LogP contribution in [0.1, 0.15) is 121 Å². The summed E-state index contributed by atoms with van der Waals surface area (Å²) in [5.41, 5.74) is 9.56. The van der Waals surface area contributed by atoms with E-state index in [4.69, 9.17) is 24.6 Å². The molecule has 3 N–H and O–H groups in total. The van der Waals surface area contributed by atoms with Gasteiger partial charge in [-0.15, -0.1) is 0 Å². The number of rotatable bonds is 11. The fourth-order valence-corrected chi connectivity index (χ4v) is 6.63. The Kier molecular flexibility index (Phi) is 21.3. The van der Waals surface area contributed by atoms with Crippen LogP contribution in [0.2, 0.25) is 0 Å². The van der Waals surface area contributed by atoms with Crippen molar-refractivity contribution in [1.82, 2.24) is 0 Å². The number of carbonyl (C=O) groups is 3. The van der Waals surface area contributed by atoms with Gasteiger partial charge in [-0.25, -0.2) is 14.4 Å². The summed E-state index contributed by atoms with van der Waals surface area (Å²) in [6, 6.07) is 45.7. The highest BCUT2D eigenvalue weighted by molar-refractivity contribution is 14.1. The number of hydrogen-bond acceptors (Lipinski definition) is 7. The van der Waals surface area contributed by atoms with Crippen molar-refractivity contribution in [3.63, 3.8) is 0 Å². The standard InChI is InChI=1S/C18H20O2.C16H16O2.C9H13BO2.C9H9IO2/c1-4-20-18(19)17-8-6-5-7-16(17)15-11-9-14(10-12-15)13(2)3;1-11(2)12-7-9-13(10-8-12)14-5-3-4-6-15(14)16(17)18;1-7(2)8-3-5-9(6-4-8)10(11)12;1-2-12-9(11)7-5-3-4-6-8(7)10/h5-13H,4H2,1-3H3;3-11H,1-2H3,(H,17,18);3-7,11-12H,1-2H3;3-6H,2H2,1H3. The van der Waals surface area contributed by atoms with Gasteiger partial charge in [0, 0.05) is 3.57 Å². The molecule has 0 aliphatic rings. The van der Waals surface area contributed by atoms with E-state index in [0.717, 1.165) is 25.8 Å². The van der Waals surface area contributed by atoms with E-state index >= 15 is 0 Å². The van der Waals surface area contributed by atoms with Crippen molar-refractivity contribution in [2.75, 3.05) is 13.2 Å². The molecule has 6 aromatic carbocycles. The van der Waals surface area contributed by atoms with E-state index in [1.54, 1.807) is 37.3 Å². The fraction of sp³-hybridized carbons (Fsp3) is 0.250. The number of halogens is 1. The third-order valence-corrected chi connectivity index (χ3v) is 10.6. The van der Waals surface area contributed by atoms with Crippen molar-refractivity contribution in [3.8, 4) is 22.3 Å². The van der Waals surface area contributed by atoms with E-state index in [9.17, 15) is 14.4 Å². The van der Waals surface area contributed by atoms with Gasteiger partial charge in [-0.2, -0.15) is 0 Å². The first-order chi connectivity index (χ1) is 29.6. The Balaban J connectivity index is 0.000000226. The molecule has 0 aliphatic carbocycles. The van der Waals surface area contributed by atoms with Gasteiger partial charge in [-0.1, -0.05) is 163 Å². The molecule has 62 heavy (non-hydrogen) atoms. The molecule has 0 aliphatic heterocycles. The van der Waals surface area contributed by atoms with Crippen molar-refractivity contribution in [3.05, 3.63) is 183 Å². The summed E-state index contributed by atoms with van der Waals surface area (Å²) in [5.74, 6) is 0.0603. The molecule has 6 aromatic rings. The lowest BCUT2D eigenvalue weighted by molar-refractivity contribution is 0.0516. The van der Waals surface area contributed by atoms with Crippen LogP contribution in [0.4, 0.5) is 0 Å². The van der Waals surface area contributed by atoms with Gasteiger partial charge in [0.25, 0.3) is 0 Å². The molecule has 0 atom stereocenters. The lowest BCUT2D eigenvalue weighted by Gasteiger charge is -2.10. The van der Waals surface area contributed by atoms with Crippen molar-refractivity contribution in [1.29, 1.82) is 0 Å². The lowest BCUT2D eigenvalue weighted by Crippen LogP contribution is -2.29. The first-order valence-corrected chi connectivity index (χ1v) is 21.8. The lowest BCUT2D eigenvalue weighted by atomic mass is 9.79. The van der Waals surface area contributed by atoms with Crippen LogP contribution in [0, 0.1) is 3.57 Å². The molecular weight excluding hydrogens is 890 g/mol. The zero-order valence-electron chi connectivity index (χ0n) is 36.8. The van der Waals surface area contributed by atoms with Crippen LogP contribution in [0.5, 0.6) is 0 Å². The quantitative estimate of drug-likeness (QED) is 0.0665. The number of carbonyl (C=O) groups excluding carboxylic acids is 2. The summed E-state index contributed by atoms with van der Waals surface area (Å²) >= 11 is 2.11. The van der Waals surface area contributed by atoms with E-state index < -0.39 is 13.1 Å². The highest BCUT2D eigenvalue weighted by Crippen LogP contribution is 2.27. The van der Waals surface area contributed by atoms with E-state index in [1.165, 1.54) is 16.7 Å². The Hall–Kier alpha value is -5.56. The molecule has 0 heterocycles. The molecule has 0 radical (unpaired) electrons. The van der Waals surface area contributed by atoms with Gasteiger partial charge < -0.3 is 24.6 Å². The van der Waals surface area contributed by atoms with Gasteiger partial charge in [0.15, 0.2) is 0 Å². The van der Waals surface area contributed by atoms with Crippen LogP contribution in [-0.4, -0.2) is 53.4 Å². The van der Waals surface area contributed by atoms with Gasteiger partial charge in [0.1, 0.15) is 0 Å². The number of esters is 2. The van der Waals surface area contributed by atoms with Gasteiger partial charge in [0.2, 0.25) is 0 Å². The zero-order valence-corrected chi connectivity index (χ0v) is 39.0. The molecule has 0 saturated carbocycles. The summed E-state index contributed by atoms with van der Waals surface area (Å²) in [6.45, 7) is 17.2. The summed E-state index contributed by atoms with van der Waals surface area (Å²) in [6.07, 6.45) is 0. The Morgan fingerprint density at radius 1 is 0.500 bits per heavy atom. The first-order valence-electron chi connectivity index (χ1n) is 20.8. The van der Waals surface area contributed by atoms with Crippen LogP contribution in [0.25, 0.3) is 22.3 Å². The minimum absolute atomic E-state index is 0.248. The molecule has 324 valence electrons. The number of hydrogen-bond donors (Lipinski definition) is 3. The maximum Gasteiger partial charge on any atom is 0.488 e. The third-order valence-electron chi connectivity index (χ3n) is 9.63. The molecular formula is C52H58BIO8. The van der Waals surface area contributed by atoms with Crippen LogP contribution in [0.15, 0.2) is 146 Å². The minimum Gasteiger partial charge on any atom is -0.478 e. The largest absolute Gasteiger partial charge is 0.488 e. The summed E-state index contributed by atoms with van der Waals surface area (Å²) in [4.78, 5) is 34.4. The molecule has 6 rings (SSSR count). The second kappa shape index (κ2) is 26.0. The average Bonchev–Trinajstić information content (AvgIpc) is 3.27. The van der Waals surface area contributed by atoms with Crippen molar-refractivity contribution < 1.29 is 39.0 Å². The predicted octanol–water partition coefficient (Wildman–Crippen LogP) is 11.8. The molecule has 0 spiro atoms. The van der Waals surface area contributed by atoms with Crippen molar-refractivity contribution in [2.24, 2.45) is 0 Å². The molecule has 10 heteroatoms. The molecule has 0 aromatic heterocycles. The van der Waals surface area contributed by atoms with Gasteiger partial charge in [0.05, 0.1) is 29.9 Å². The smallest absolute Gasteiger partial charge is 0.478 e.